The molecule has 1 heterocycles. The number of fused-ring (bicyclic) bond motifs is 1. The summed E-state index contributed by atoms with van der Waals surface area (Å²) < 4.78 is 20.9. The minimum Gasteiger partial charge on any atom is -0.497 e. The van der Waals surface area contributed by atoms with Gasteiger partial charge < -0.3 is 24.3 Å². The fraction of sp³-hybridized carbons (Fsp3) is 0.385. The highest BCUT2D eigenvalue weighted by atomic mass is 32.1. The lowest BCUT2D eigenvalue weighted by Crippen LogP contribution is -2.42. The highest BCUT2D eigenvalue weighted by molar-refractivity contribution is 7.80. The van der Waals surface area contributed by atoms with E-state index in [4.69, 9.17) is 31.2 Å². The van der Waals surface area contributed by atoms with E-state index in [1.807, 2.05) is 0 Å². The molecule has 1 aromatic carbocycles. The summed E-state index contributed by atoms with van der Waals surface area (Å²) in [6, 6.07) is 5.29. The number of hydrogen-bond donors (Lipinski definition) is 1. The van der Waals surface area contributed by atoms with Crippen molar-refractivity contribution in [1.82, 2.24) is 0 Å². The molecule has 6 nitrogen and oxygen atoms in total. The van der Waals surface area contributed by atoms with Gasteiger partial charge in [-0.25, -0.2) is 0 Å². The first-order chi connectivity index (χ1) is 9.54. The molecule has 0 bridgehead atoms. The van der Waals surface area contributed by atoms with Crippen LogP contribution in [-0.4, -0.2) is 32.5 Å². The third kappa shape index (κ3) is 2.54. The van der Waals surface area contributed by atoms with Gasteiger partial charge in [-0.2, -0.15) is 0 Å². The first kappa shape index (κ1) is 14.5. The molecular formula is C13H15NO5S. The molecule has 20 heavy (non-hydrogen) atoms. The molecule has 0 saturated heterocycles. The zero-order valence-corrected chi connectivity index (χ0v) is 12.2. The predicted molar refractivity (Wildman–Crippen MR) is 75.6 cm³/mol. The lowest BCUT2D eigenvalue weighted by molar-refractivity contribution is -0.197. The van der Waals surface area contributed by atoms with Gasteiger partial charge in [-0.15, -0.1) is 0 Å². The van der Waals surface area contributed by atoms with Crippen LogP contribution < -0.4 is 10.1 Å². The Bertz CT molecular complexity index is 548. The van der Waals surface area contributed by atoms with E-state index in [1.54, 1.807) is 25.3 Å². The number of carbonyl (C=O) groups excluding carboxylic acids is 1. The number of thiocarbonyl (C=S) groups is 1. The van der Waals surface area contributed by atoms with Crippen LogP contribution in [0.15, 0.2) is 18.2 Å². The average Bonchev–Trinajstić information content (AvgIpc) is 2.46. The van der Waals surface area contributed by atoms with Gasteiger partial charge in [0.15, 0.2) is 0 Å². The maximum absolute atomic E-state index is 11.6. The van der Waals surface area contributed by atoms with Crippen LogP contribution in [0.3, 0.4) is 0 Å². The summed E-state index contributed by atoms with van der Waals surface area (Å²) in [5.74, 6) is -1.17. The summed E-state index contributed by atoms with van der Waals surface area (Å²) in [7, 11) is 4.30. The van der Waals surface area contributed by atoms with E-state index in [1.165, 1.54) is 14.2 Å². The van der Waals surface area contributed by atoms with Gasteiger partial charge in [-0.05, 0) is 30.4 Å². The van der Waals surface area contributed by atoms with Crippen LogP contribution in [-0.2, 0) is 24.8 Å². The molecule has 2 rings (SSSR count). The zero-order chi connectivity index (χ0) is 14.8. The van der Waals surface area contributed by atoms with Gasteiger partial charge in [0.2, 0.25) is 0 Å². The summed E-state index contributed by atoms with van der Waals surface area (Å²) in [4.78, 5) is 11.6. The molecule has 1 aliphatic rings. The molecule has 0 aliphatic carbocycles. The van der Waals surface area contributed by atoms with E-state index in [2.05, 4.69) is 5.32 Å². The number of nitrogens with one attached hydrogen (secondary N) is 1. The molecule has 1 aliphatic heterocycles. The number of ether oxygens (including phenoxy) is 4. The molecule has 1 atom stereocenters. The van der Waals surface area contributed by atoms with Crippen LogP contribution in [0.5, 0.6) is 5.75 Å². The Kier molecular flexibility index (Phi) is 4.10. The zero-order valence-electron chi connectivity index (χ0n) is 11.4. The summed E-state index contributed by atoms with van der Waals surface area (Å²) >= 11 is 5.05. The molecule has 0 radical (unpaired) electrons. The predicted octanol–water partition coefficient (Wildman–Crippen LogP) is 1.78. The monoisotopic (exact) mass is 297 g/mol. The summed E-state index contributed by atoms with van der Waals surface area (Å²) in [5, 5.41) is 3.05. The van der Waals surface area contributed by atoms with E-state index in [0.29, 0.717) is 17.0 Å². The number of benzene rings is 1. The number of rotatable bonds is 4. The van der Waals surface area contributed by atoms with Crippen LogP contribution in [0.25, 0.3) is 0 Å². The van der Waals surface area contributed by atoms with Crippen molar-refractivity contribution in [3.05, 3.63) is 23.8 Å². The third-order valence-corrected chi connectivity index (χ3v) is 3.25. The van der Waals surface area contributed by atoms with Crippen molar-refractivity contribution in [2.24, 2.45) is 0 Å². The largest absolute Gasteiger partial charge is 0.497 e. The normalized spacial score (nSPS) is 20.4. The first-order valence-corrected chi connectivity index (χ1v) is 6.26. The lowest BCUT2D eigenvalue weighted by Gasteiger charge is -2.37. The van der Waals surface area contributed by atoms with Crippen LogP contribution in [0.2, 0.25) is 0 Å². The van der Waals surface area contributed by atoms with E-state index in [9.17, 15) is 4.79 Å². The van der Waals surface area contributed by atoms with E-state index in [0.717, 1.165) is 0 Å². The van der Waals surface area contributed by atoms with Crippen LogP contribution in [0, 0.1) is 0 Å². The lowest BCUT2D eigenvalue weighted by atomic mass is 9.98. The molecule has 0 aromatic heterocycles. The standard InChI is InChI=1S/C13H15NO5S/c1-16-8-4-5-10-9(6-8)13(18-3,7-11(15)17-2)19-12(20)14-10/h4-6H,7H2,1-3H3,(H,14,20). The molecule has 0 amide bonds. The average molecular weight is 297 g/mol. The molecular weight excluding hydrogens is 282 g/mol. The van der Waals surface area contributed by atoms with Gasteiger partial charge in [0.05, 0.1) is 25.5 Å². The Balaban J connectivity index is 2.52. The summed E-state index contributed by atoms with van der Waals surface area (Å²) in [6.07, 6.45) is -0.123. The Hall–Kier alpha value is -1.86. The van der Waals surface area contributed by atoms with Crippen molar-refractivity contribution >= 4 is 29.0 Å². The van der Waals surface area contributed by atoms with Crippen molar-refractivity contribution in [2.75, 3.05) is 26.6 Å². The number of carbonyl (C=O) groups is 1. The van der Waals surface area contributed by atoms with Crippen molar-refractivity contribution in [3.63, 3.8) is 0 Å². The van der Waals surface area contributed by atoms with Gasteiger partial charge in [0.25, 0.3) is 11.0 Å². The highest BCUT2D eigenvalue weighted by Crippen LogP contribution is 2.41. The molecule has 1 aromatic rings. The van der Waals surface area contributed by atoms with Crippen molar-refractivity contribution in [2.45, 2.75) is 12.2 Å². The minimum atomic E-state index is -1.32. The number of hydrogen-bond acceptors (Lipinski definition) is 6. The van der Waals surface area contributed by atoms with Crippen LogP contribution >= 0.6 is 12.2 Å². The molecule has 0 fully saturated rings. The van der Waals surface area contributed by atoms with Gasteiger partial charge in [0.1, 0.15) is 12.2 Å². The van der Waals surface area contributed by atoms with Crippen molar-refractivity contribution in [1.29, 1.82) is 0 Å². The van der Waals surface area contributed by atoms with Crippen molar-refractivity contribution < 1.29 is 23.7 Å². The Morgan fingerprint density at radius 2 is 2.15 bits per heavy atom. The topological polar surface area (TPSA) is 66.0 Å². The molecule has 0 spiro atoms. The maximum Gasteiger partial charge on any atom is 0.312 e. The molecule has 1 unspecified atom stereocenters. The summed E-state index contributed by atoms with van der Waals surface area (Å²) in [6.45, 7) is 0. The SMILES string of the molecule is COC(=O)CC1(OC)OC(=S)Nc2ccc(OC)cc21. The second kappa shape index (κ2) is 5.64. The third-order valence-electron chi connectivity index (χ3n) is 3.07. The van der Waals surface area contributed by atoms with Gasteiger partial charge in [0, 0.05) is 7.11 Å². The van der Waals surface area contributed by atoms with E-state index in [-0.39, 0.29) is 11.6 Å². The Morgan fingerprint density at radius 3 is 2.75 bits per heavy atom. The van der Waals surface area contributed by atoms with Gasteiger partial charge in [-0.1, -0.05) is 0 Å². The molecule has 1 N–H and O–H groups in total. The number of anilines is 1. The number of esters is 1. The second-order valence-corrected chi connectivity index (χ2v) is 4.51. The Morgan fingerprint density at radius 1 is 1.40 bits per heavy atom. The molecule has 108 valence electrons. The molecule has 7 heteroatoms. The Labute approximate surface area is 122 Å². The first-order valence-electron chi connectivity index (χ1n) is 5.85. The summed E-state index contributed by atoms with van der Waals surface area (Å²) in [5.41, 5.74) is 1.33. The van der Waals surface area contributed by atoms with Gasteiger partial charge >= 0.3 is 5.97 Å². The number of methoxy groups -OCH3 is 3. The highest BCUT2D eigenvalue weighted by Gasteiger charge is 2.44. The van der Waals surface area contributed by atoms with Gasteiger partial charge in [-0.3, -0.25) is 4.79 Å². The van der Waals surface area contributed by atoms with Crippen LogP contribution in [0.4, 0.5) is 5.69 Å². The van der Waals surface area contributed by atoms with E-state index >= 15 is 0 Å². The van der Waals surface area contributed by atoms with Crippen molar-refractivity contribution in [3.8, 4) is 5.75 Å². The minimum absolute atomic E-state index is 0.123. The fourth-order valence-corrected chi connectivity index (χ4v) is 2.28. The smallest absolute Gasteiger partial charge is 0.312 e. The maximum atomic E-state index is 11.6. The quantitative estimate of drug-likeness (QED) is 0.671. The van der Waals surface area contributed by atoms with Crippen LogP contribution in [0.1, 0.15) is 12.0 Å². The fourth-order valence-electron chi connectivity index (χ4n) is 2.03. The molecule has 0 saturated carbocycles. The second-order valence-electron chi connectivity index (χ2n) is 4.14. The van der Waals surface area contributed by atoms with E-state index < -0.39 is 11.8 Å².